The minimum absolute atomic E-state index is 0.240. The number of nitrogens with zero attached hydrogens (tertiary/aromatic N) is 3. The zero-order chi connectivity index (χ0) is 19.1. The van der Waals surface area contributed by atoms with E-state index in [2.05, 4.69) is 46.2 Å². The summed E-state index contributed by atoms with van der Waals surface area (Å²) >= 11 is 1.64. The van der Waals surface area contributed by atoms with Crippen molar-refractivity contribution < 1.29 is 4.79 Å². The largest absolute Gasteiger partial charge is 0.306 e. The quantitative estimate of drug-likeness (QED) is 0.652. The van der Waals surface area contributed by atoms with Gasteiger partial charge in [0.25, 0.3) is 0 Å². The van der Waals surface area contributed by atoms with Crippen molar-refractivity contribution >= 4 is 27.9 Å². The van der Waals surface area contributed by atoms with Gasteiger partial charge in [0.15, 0.2) is 0 Å². The predicted molar refractivity (Wildman–Crippen MR) is 113 cm³/mol. The van der Waals surface area contributed by atoms with Crippen LogP contribution in [0, 0.1) is 11.3 Å². The van der Waals surface area contributed by atoms with Gasteiger partial charge in [-0.3, -0.25) is 14.8 Å². The Morgan fingerprint density at radius 3 is 2.75 bits per heavy atom. The summed E-state index contributed by atoms with van der Waals surface area (Å²) in [5.74, 6) is 0.611. The van der Waals surface area contributed by atoms with Crippen LogP contribution < -0.4 is 0 Å². The first-order chi connectivity index (χ1) is 13.6. The van der Waals surface area contributed by atoms with Gasteiger partial charge in [-0.05, 0) is 74.3 Å². The zero-order valence-electron chi connectivity index (χ0n) is 16.2. The van der Waals surface area contributed by atoms with E-state index in [-0.39, 0.29) is 5.92 Å². The highest BCUT2D eigenvalue weighted by atomic mass is 32.1. The van der Waals surface area contributed by atoms with Crippen LogP contribution in [0.3, 0.4) is 0 Å². The molecule has 0 amide bonds. The number of rotatable bonds is 4. The number of hydrogen-bond donors (Lipinski definition) is 0. The van der Waals surface area contributed by atoms with Crippen LogP contribution in [0.5, 0.6) is 0 Å². The van der Waals surface area contributed by atoms with E-state index < -0.39 is 0 Å². The van der Waals surface area contributed by atoms with E-state index >= 15 is 0 Å². The van der Waals surface area contributed by atoms with Crippen LogP contribution in [0.15, 0.2) is 42.2 Å². The Bertz CT molecular complexity index is 998. The summed E-state index contributed by atoms with van der Waals surface area (Å²) in [6.45, 7) is 2.35. The monoisotopic (exact) mass is 391 g/mol. The summed E-state index contributed by atoms with van der Waals surface area (Å²) in [7, 11) is 2.19. The van der Waals surface area contributed by atoms with Gasteiger partial charge in [-0.2, -0.15) is 0 Å². The Hall–Kier alpha value is -2.11. The minimum atomic E-state index is 0.240. The van der Waals surface area contributed by atoms with Crippen molar-refractivity contribution in [1.82, 2.24) is 14.9 Å². The summed E-state index contributed by atoms with van der Waals surface area (Å²) in [6, 6.07) is 8.47. The molecule has 1 aliphatic heterocycles. The van der Waals surface area contributed by atoms with E-state index in [0.717, 1.165) is 34.2 Å². The number of carbonyl (C=O) groups excluding carboxylic acids is 1. The van der Waals surface area contributed by atoms with Crippen LogP contribution in [0.25, 0.3) is 21.2 Å². The molecular formula is C23H25N3OS. The number of piperidine rings is 1. The van der Waals surface area contributed by atoms with Crippen LogP contribution in [-0.2, 0) is 11.2 Å². The van der Waals surface area contributed by atoms with Crippen molar-refractivity contribution in [2.45, 2.75) is 32.1 Å². The van der Waals surface area contributed by atoms with Gasteiger partial charge in [0.1, 0.15) is 5.78 Å². The molecule has 4 nitrogen and oxygen atoms in total. The first-order valence-electron chi connectivity index (χ1n) is 10.1. The molecule has 1 aliphatic carbocycles. The Morgan fingerprint density at radius 2 is 2.00 bits per heavy atom. The van der Waals surface area contributed by atoms with E-state index in [4.69, 9.17) is 0 Å². The third kappa shape index (κ3) is 3.38. The number of carbonyl (C=O) groups is 1. The third-order valence-electron chi connectivity index (χ3n) is 6.71. The molecule has 1 saturated carbocycles. The molecule has 28 heavy (non-hydrogen) atoms. The van der Waals surface area contributed by atoms with Gasteiger partial charge < -0.3 is 4.90 Å². The molecule has 5 heteroatoms. The fourth-order valence-electron chi connectivity index (χ4n) is 4.83. The maximum Gasteiger partial charge on any atom is 0.141 e. The zero-order valence-corrected chi connectivity index (χ0v) is 17.0. The molecule has 1 saturated heterocycles. The molecule has 1 spiro atoms. The molecule has 1 aromatic carbocycles. The highest BCUT2D eigenvalue weighted by molar-refractivity contribution is 7.13. The number of ketones is 1. The summed E-state index contributed by atoms with van der Waals surface area (Å²) in [6.07, 6.45) is 8.93. The number of thiazole rings is 1. The van der Waals surface area contributed by atoms with Crippen LogP contribution >= 0.6 is 11.3 Å². The lowest BCUT2D eigenvalue weighted by Gasteiger charge is -2.51. The molecule has 0 radical (unpaired) electrons. The summed E-state index contributed by atoms with van der Waals surface area (Å²) in [4.78, 5) is 25.1. The van der Waals surface area contributed by atoms with Crippen LogP contribution in [0.1, 0.15) is 31.4 Å². The van der Waals surface area contributed by atoms with E-state index in [1.165, 1.54) is 31.5 Å². The molecule has 0 bridgehead atoms. The highest BCUT2D eigenvalue weighted by Gasteiger charge is 2.47. The highest BCUT2D eigenvalue weighted by Crippen LogP contribution is 2.52. The summed E-state index contributed by atoms with van der Waals surface area (Å²) < 4.78 is 0. The molecular weight excluding hydrogens is 366 g/mol. The maximum atomic E-state index is 12.8. The molecule has 0 atom stereocenters. The number of hydrogen-bond acceptors (Lipinski definition) is 5. The van der Waals surface area contributed by atoms with E-state index in [1.54, 1.807) is 11.3 Å². The first-order valence-corrected chi connectivity index (χ1v) is 11.0. The number of fused-ring (bicyclic) bond motifs is 1. The van der Waals surface area contributed by atoms with Crippen molar-refractivity contribution in [3.8, 4) is 10.4 Å². The van der Waals surface area contributed by atoms with Crippen LogP contribution in [-0.4, -0.2) is 40.8 Å². The van der Waals surface area contributed by atoms with Crippen molar-refractivity contribution in [3.05, 3.63) is 47.9 Å². The number of Topliss-reactive ketones (excluding diaryl/α,β-unsaturated/α-hetero) is 1. The molecule has 3 aromatic rings. The van der Waals surface area contributed by atoms with Crippen molar-refractivity contribution in [3.63, 3.8) is 0 Å². The van der Waals surface area contributed by atoms with Gasteiger partial charge >= 0.3 is 0 Å². The second-order valence-electron chi connectivity index (χ2n) is 8.65. The lowest BCUT2D eigenvalue weighted by atomic mass is 9.56. The van der Waals surface area contributed by atoms with Crippen molar-refractivity contribution in [1.29, 1.82) is 0 Å². The van der Waals surface area contributed by atoms with Gasteiger partial charge in [0.2, 0.25) is 0 Å². The fourth-order valence-corrected chi connectivity index (χ4v) is 5.45. The summed E-state index contributed by atoms with van der Waals surface area (Å²) in [5, 5.41) is 2.25. The van der Waals surface area contributed by atoms with Gasteiger partial charge in [0.05, 0.1) is 10.4 Å². The molecule has 144 valence electrons. The molecule has 0 unspecified atom stereocenters. The normalized spacial score (nSPS) is 19.8. The number of aromatic nitrogens is 2. The standard InChI is InChI=1S/C23H25N3OS/c1-26-6-4-23(5-7-26)11-19(12-23)21(27)10-20-9-18-8-16(22-14-24-15-28-22)2-3-17(18)13-25-20/h2-3,8-9,13-15,19H,4-7,10-12H2,1H3. The first kappa shape index (κ1) is 18.0. The third-order valence-corrected chi connectivity index (χ3v) is 7.53. The molecule has 2 aromatic heterocycles. The fraction of sp³-hybridized carbons (Fsp3) is 0.435. The molecule has 5 rings (SSSR count). The average molecular weight is 392 g/mol. The predicted octanol–water partition coefficient (Wildman–Crippen LogP) is 4.59. The second kappa shape index (κ2) is 7.05. The Morgan fingerprint density at radius 1 is 1.18 bits per heavy atom. The smallest absolute Gasteiger partial charge is 0.141 e. The van der Waals surface area contributed by atoms with Crippen LogP contribution in [0.4, 0.5) is 0 Å². The average Bonchev–Trinajstić information content (AvgIpc) is 3.21. The number of benzene rings is 1. The van der Waals surface area contributed by atoms with E-state index in [9.17, 15) is 4.79 Å². The number of pyridine rings is 1. The van der Waals surface area contributed by atoms with E-state index in [1.807, 2.05) is 17.9 Å². The van der Waals surface area contributed by atoms with Crippen molar-refractivity contribution in [2.24, 2.45) is 11.3 Å². The van der Waals surface area contributed by atoms with E-state index in [0.29, 0.717) is 17.6 Å². The topological polar surface area (TPSA) is 46.1 Å². The van der Waals surface area contributed by atoms with Crippen molar-refractivity contribution in [2.75, 3.05) is 20.1 Å². The van der Waals surface area contributed by atoms with Gasteiger partial charge in [-0.1, -0.05) is 12.1 Å². The molecule has 2 aliphatic rings. The maximum absolute atomic E-state index is 12.8. The lowest BCUT2D eigenvalue weighted by Crippen LogP contribution is -2.48. The lowest BCUT2D eigenvalue weighted by molar-refractivity contribution is -0.131. The Balaban J connectivity index is 1.28. The minimum Gasteiger partial charge on any atom is -0.306 e. The van der Waals surface area contributed by atoms with Gasteiger partial charge in [-0.15, -0.1) is 11.3 Å². The van der Waals surface area contributed by atoms with Gasteiger partial charge in [-0.25, -0.2) is 0 Å². The molecule has 3 heterocycles. The number of likely N-dealkylation sites (tertiary alicyclic amines) is 1. The second-order valence-corrected chi connectivity index (χ2v) is 9.54. The Labute approximate surface area is 169 Å². The summed E-state index contributed by atoms with van der Waals surface area (Å²) in [5.41, 5.74) is 4.36. The SMILES string of the molecule is CN1CCC2(CC1)CC(C(=O)Cc1cc3cc(-c4cncs4)ccc3cn1)C2. The van der Waals surface area contributed by atoms with Gasteiger partial charge in [0, 0.05) is 35.8 Å². The Kier molecular flexibility index (Phi) is 4.52. The molecule has 2 fully saturated rings. The molecule has 0 N–H and O–H groups in total. The van der Waals surface area contributed by atoms with Crippen LogP contribution in [0.2, 0.25) is 0 Å².